The van der Waals surface area contributed by atoms with Crippen LogP contribution in [0.15, 0.2) is 30.3 Å². The fourth-order valence-corrected chi connectivity index (χ4v) is 4.36. The predicted molar refractivity (Wildman–Crippen MR) is 116 cm³/mol. The zero-order chi connectivity index (χ0) is 22.9. The van der Waals surface area contributed by atoms with Crippen molar-refractivity contribution in [3.05, 3.63) is 52.3 Å². The molecule has 2 fully saturated rings. The highest BCUT2D eigenvalue weighted by atomic mass is 35.5. The van der Waals surface area contributed by atoms with Crippen LogP contribution < -0.4 is 4.90 Å². The summed E-state index contributed by atoms with van der Waals surface area (Å²) in [5.74, 6) is 0.134. The Bertz CT molecular complexity index is 961. The number of aromatic nitrogens is 2. The lowest BCUT2D eigenvalue weighted by atomic mass is 10.1. The maximum atomic E-state index is 13.2. The topological polar surface area (TPSA) is 52.6 Å². The van der Waals surface area contributed by atoms with E-state index in [-0.39, 0.29) is 17.9 Å². The summed E-state index contributed by atoms with van der Waals surface area (Å²) in [7, 11) is 0. The number of aryl methyl sites for hydroxylation is 1. The molecule has 0 spiro atoms. The Balaban J connectivity index is 1.37. The molecule has 1 aromatic carbocycles. The Labute approximate surface area is 190 Å². The zero-order valence-electron chi connectivity index (χ0n) is 17.8. The van der Waals surface area contributed by atoms with Gasteiger partial charge in [-0.3, -0.25) is 9.69 Å². The second-order valence-electron chi connectivity index (χ2n) is 8.12. The van der Waals surface area contributed by atoms with E-state index >= 15 is 0 Å². The molecule has 2 saturated heterocycles. The van der Waals surface area contributed by atoms with Crippen LogP contribution >= 0.6 is 11.6 Å². The number of carbonyl (C=O) groups excluding carboxylic acids is 1. The normalized spacial score (nSPS) is 20.1. The van der Waals surface area contributed by atoms with Crippen molar-refractivity contribution in [1.29, 1.82) is 0 Å². The molecular formula is C22H25ClF3N5O. The fourth-order valence-electron chi connectivity index (χ4n) is 4.24. The minimum absolute atomic E-state index is 0.0150. The lowest BCUT2D eigenvalue weighted by molar-refractivity contribution is -0.141. The molecule has 0 aliphatic carbocycles. The molecule has 1 amide bonds. The number of halogens is 4. The number of carbonyl (C=O) groups is 1. The van der Waals surface area contributed by atoms with E-state index in [1.807, 2.05) is 9.80 Å². The van der Waals surface area contributed by atoms with Crippen molar-refractivity contribution < 1.29 is 18.0 Å². The molecule has 4 rings (SSSR count). The van der Waals surface area contributed by atoms with Gasteiger partial charge in [0.1, 0.15) is 5.69 Å². The van der Waals surface area contributed by atoms with Crippen molar-refractivity contribution in [3.63, 3.8) is 0 Å². The van der Waals surface area contributed by atoms with E-state index in [0.29, 0.717) is 48.9 Å². The molecule has 3 heterocycles. The van der Waals surface area contributed by atoms with Crippen molar-refractivity contribution in [2.24, 2.45) is 0 Å². The van der Waals surface area contributed by atoms with Crippen LogP contribution in [-0.2, 0) is 12.6 Å². The van der Waals surface area contributed by atoms with Gasteiger partial charge in [0.15, 0.2) is 0 Å². The quantitative estimate of drug-likeness (QED) is 0.685. The largest absolute Gasteiger partial charge is 0.433 e. The van der Waals surface area contributed by atoms with Crippen molar-refractivity contribution in [2.75, 3.05) is 44.2 Å². The van der Waals surface area contributed by atoms with Crippen molar-refractivity contribution >= 4 is 23.5 Å². The monoisotopic (exact) mass is 467 g/mol. The summed E-state index contributed by atoms with van der Waals surface area (Å²) in [6.07, 6.45) is -3.25. The first-order chi connectivity index (χ1) is 15.2. The summed E-state index contributed by atoms with van der Waals surface area (Å²) in [5.41, 5.74) is 0.112. The molecule has 2 aromatic rings. The molecule has 6 nitrogen and oxygen atoms in total. The van der Waals surface area contributed by atoms with Crippen LogP contribution in [-0.4, -0.2) is 71.0 Å². The molecular weight excluding hydrogens is 443 g/mol. The van der Waals surface area contributed by atoms with Crippen molar-refractivity contribution in [1.82, 2.24) is 19.8 Å². The van der Waals surface area contributed by atoms with E-state index in [1.165, 1.54) is 0 Å². The van der Waals surface area contributed by atoms with Gasteiger partial charge in [-0.1, -0.05) is 18.5 Å². The summed E-state index contributed by atoms with van der Waals surface area (Å²) in [6.45, 7) is 5.64. The summed E-state index contributed by atoms with van der Waals surface area (Å²) < 4.78 is 39.7. The SMILES string of the molecule is CCc1cc(C(F)(F)F)nc(N2CC[C@H](N3CCN(C(=O)c4ccc(Cl)cc4)CC3)C2)n1. The Hall–Kier alpha value is -2.39. The van der Waals surface area contributed by atoms with E-state index in [0.717, 1.165) is 25.6 Å². The van der Waals surface area contributed by atoms with Gasteiger partial charge in [-0.05, 0) is 43.2 Å². The van der Waals surface area contributed by atoms with Crippen LogP contribution in [0.3, 0.4) is 0 Å². The maximum absolute atomic E-state index is 13.2. The number of alkyl halides is 3. The van der Waals surface area contributed by atoms with Gasteiger partial charge in [0.05, 0.1) is 0 Å². The van der Waals surface area contributed by atoms with Crippen molar-refractivity contribution in [2.45, 2.75) is 32.0 Å². The highest BCUT2D eigenvalue weighted by Crippen LogP contribution is 2.30. The van der Waals surface area contributed by atoms with Gasteiger partial charge in [0.25, 0.3) is 5.91 Å². The summed E-state index contributed by atoms with van der Waals surface area (Å²) in [5, 5.41) is 0.591. The van der Waals surface area contributed by atoms with Gasteiger partial charge in [-0.15, -0.1) is 0 Å². The highest BCUT2D eigenvalue weighted by molar-refractivity contribution is 6.30. The van der Waals surface area contributed by atoms with E-state index in [2.05, 4.69) is 14.9 Å². The average molecular weight is 468 g/mol. The Morgan fingerprint density at radius 2 is 1.78 bits per heavy atom. The van der Waals surface area contributed by atoms with Crippen LogP contribution in [0.4, 0.5) is 19.1 Å². The van der Waals surface area contributed by atoms with Gasteiger partial charge >= 0.3 is 6.18 Å². The molecule has 32 heavy (non-hydrogen) atoms. The first-order valence-corrected chi connectivity index (χ1v) is 11.1. The van der Waals surface area contributed by atoms with Gasteiger partial charge in [-0.2, -0.15) is 13.2 Å². The Morgan fingerprint density at radius 3 is 2.41 bits per heavy atom. The standard InChI is InChI=1S/C22H25ClF3N5O/c1-2-17-13-19(22(24,25)26)28-21(27-17)31-8-7-18(14-31)29-9-11-30(12-10-29)20(32)15-3-5-16(23)6-4-15/h3-6,13,18H,2,7-12,14H2,1H3/t18-/m0/s1. The smallest absolute Gasteiger partial charge is 0.339 e. The third-order valence-electron chi connectivity index (χ3n) is 6.08. The molecule has 2 aliphatic rings. The van der Waals surface area contributed by atoms with Gasteiger partial charge in [0, 0.05) is 61.6 Å². The molecule has 1 atom stereocenters. The first-order valence-electron chi connectivity index (χ1n) is 10.7. The summed E-state index contributed by atoms with van der Waals surface area (Å²) in [6, 6.07) is 8.09. The first kappa shape index (κ1) is 22.8. The number of benzene rings is 1. The minimum Gasteiger partial charge on any atom is -0.339 e. The van der Waals surface area contributed by atoms with Crippen LogP contribution in [0.1, 0.15) is 35.1 Å². The average Bonchev–Trinajstić information content (AvgIpc) is 3.29. The van der Waals surface area contributed by atoms with Crippen LogP contribution in [0.2, 0.25) is 5.02 Å². The number of hydrogen-bond acceptors (Lipinski definition) is 5. The van der Waals surface area contributed by atoms with E-state index in [1.54, 1.807) is 31.2 Å². The molecule has 0 N–H and O–H groups in total. The third-order valence-corrected chi connectivity index (χ3v) is 6.33. The number of rotatable bonds is 4. The summed E-state index contributed by atoms with van der Waals surface area (Å²) >= 11 is 5.90. The third kappa shape index (κ3) is 4.99. The predicted octanol–water partition coefficient (Wildman–Crippen LogP) is 3.75. The minimum atomic E-state index is -4.49. The number of amides is 1. The summed E-state index contributed by atoms with van der Waals surface area (Å²) in [4.78, 5) is 26.8. The molecule has 0 bridgehead atoms. The number of nitrogens with zero attached hydrogens (tertiary/aromatic N) is 5. The highest BCUT2D eigenvalue weighted by Gasteiger charge is 2.36. The maximum Gasteiger partial charge on any atom is 0.433 e. The van der Waals surface area contributed by atoms with Crippen molar-refractivity contribution in [3.8, 4) is 0 Å². The number of hydrogen-bond donors (Lipinski definition) is 0. The van der Waals surface area contributed by atoms with E-state index in [4.69, 9.17) is 11.6 Å². The second-order valence-corrected chi connectivity index (χ2v) is 8.56. The van der Waals surface area contributed by atoms with Gasteiger partial charge < -0.3 is 9.80 Å². The number of piperazine rings is 1. The van der Waals surface area contributed by atoms with Crippen LogP contribution in [0.25, 0.3) is 0 Å². The molecule has 10 heteroatoms. The van der Waals surface area contributed by atoms with Gasteiger partial charge in [-0.25, -0.2) is 9.97 Å². The molecule has 0 saturated carbocycles. The zero-order valence-corrected chi connectivity index (χ0v) is 18.5. The number of anilines is 1. The van der Waals surface area contributed by atoms with Gasteiger partial charge in [0.2, 0.25) is 5.95 Å². The molecule has 2 aliphatic heterocycles. The molecule has 0 unspecified atom stereocenters. The Kier molecular flexibility index (Phi) is 6.57. The van der Waals surface area contributed by atoms with E-state index in [9.17, 15) is 18.0 Å². The molecule has 1 aromatic heterocycles. The van der Waals surface area contributed by atoms with Crippen LogP contribution in [0, 0.1) is 0 Å². The second kappa shape index (κ2) is 9.23. The van der Waals surface area contributed by atoms with Crippen LogP contribution in [0.5, 0.6) is 0 Å². The lowest BCUT2D eigenvalue weighted by Crippen LogP contribution is -2.52. The fraction of sp³-hybridized carbons (Fsp3) is 0.500. The lowest BCUT2D eigenvalue weighted by Gasteiger charge is -2.38. The van der Waals surface area contributed by atoms with E-state index < -0.39 is 11.9 Å². The molecule has 172 valence electrons. The molecule has 0 radical (unpaired) electrons. The Morgan fingerprint density at radius 1 is 1.09 bits per heavy atom.